The van der Waals surface area contributed by atoms with E-state index < -0.39 is 17.7 Å². The normalized spacial score (nSPS) is 38.1. The van der Waals surface area contributed by atoms with E-state index in [0.29, 0.717) is 12.0 Å². The minimum atomic E-state index is -2.25. The van der Waals surface area contributed by atoms with Gasteiger partial charge in [-0.3, -0.25) is 0 Å². The van der Waals surface area contributed by atoms with Gasteiger partial charge in [-0.25, -0.2) is 4.79 Å². The van der Waals surface area contributed by atoms with Crippen molar-refractivity contribution in [3.05, 3.63) is 24.0 Å². The second-order valence-corrected chi connectivity index (χ2v) is 3.76. The lowest BCUT2D eigenvalue weighted by Crippen LogP contribution is -2.51. The molecule has 3 atom stereocenters. The summed E-state index contributed by atoms with van der Waals surface area (Å²) < 4.78 is 4.80. The molecule has 3 N–H and O–H groups in total. The van der Waals surface area contributed by atoms with E-state index in [2.05, 4.69) is 0 Å². The molecule has 0 amide bonds. The van der Waals surface area contributed by atoms with Gasteiger partial charge in [0.05, 0.1) is 18.8 Å². The minimum Gasteiger partial charge on any atom is -0.476 e. The number of rotatable bonds is 2. The number of carboxylic acid groups (broad SMARTS) is 1. The van der Waals surface area contributed by atoms with Crippen molar-refractivity contribution in [2.45, 2.75) is 12.2 Å². The van der Waals surface area contributed by atoms with E-state index in [1.165, 1.54) is 6.26 Å². The molecule has 15 heavy (non-hydrogen) atoms. The van der Waals surface area contributed by atoms with E-state index in [0.717, 1.165) is 0 Å². The van der Waals surface area contributed by atoms with Crippen molar-refractivity contribution in [2.24, 2.45) is 11.8 Å². The van der Waals surface area contributed by atoms with E-state index in [9.17, 15) is 9.90 Å². The average molecular weight is 212 g/mol. The summed E-state index contributed by atoms with van der Waals surface area (Å²) in [6.45, 7) is -0.256. The molecular weight excluding hydrogens is 200 g/mol. The number of carboxylic acids is 1. The first kappa shape index (κ1) is 10.2. The maximum atomic E-state index is 11.0. The zero-order chi connectivity index (χ0) is 11.1. The maximum Gasteiger partial charge on any atom is 0.377 e. The zero-order valence-electron chi connectivity index (χ0n) is 7.96. The van der Waals surface area contributed by atoms with Crippen LogP contribution >= 0.6 is 0 Å². The number of ether oxygens (including phenoxy) is 1. The summed E-state index contributed by atoms with van der Waals surface area (Å²) >= 11 is 0. The van der Waals surface area contributed by atoms with Gasteiger partial charge in [0.1, 0.15) is 0 Å². The van der Waals surface area contributed by atoms with Gasteiger partial charge in [0.15, 0.2) is 0 Å². The first-order valence-corrected chi connectivity index (χ1v) is 4.69. The van der Waals surface area contributed by atoms with Crippen LogP contribution in [-0.2, 0) is 9.53 Å². The Hall–Kier alpha value is -1.33. The van der Waals surface area contributed by atoms with Crippen LogP contribution in [0.3, 0.4) is 0 Å². The molecule has 5 heteroatoms. The Morgan fingerprint density at radius 2 is 2.40 bits per heavy atom. The molecule has 0 spiro atoms. The summed E-state index contributed by atoms with van der Waals surface area (Å²) in [5.41, 5.74) is 0.522. The Balaban J connectivity index is 2.38. The molecule has 2 aliphatic rings. The van der Waals surface area contributed by atoms with Crippen molar-refractivity contribution in [3.63, 3.8) is 0 Å². The van der Waals surface area contributed by atoms with Crippen LogP contribution in [0.15, 0.2) is 24.0 Å². The summed E-state index contributed by atoms with van der Waals surface area (Å²) in [6.07, 6.45) is 5.29. The van der Waals surface area contributed by atoms with Crippen molar-refractivity contribution < 1.29 is 24.9 Å². The molecular formula is C10H12O5. The second kappa shape index (κ2) is 3.36. The summed E-state index contributed by atoms with van der Waals surface area (Å²) in [5.74, 6) is -4.47. The van der Waals surface area contributed by atoms with Gasteiger partial charge in [0.25, 0.3) is 0 Å². The molecule has 1 aliphatic carbocycles. The van der Waals surface area contributed by atoms with Gasteiger partial charge < -0.3 is 20.1 Å². The van der Waals surface area contributed by atoms with Crippen LogP contribution < -0.4 is 0 Å². The Bertz CT molecular complexity index is 346. The quantitative estimate of drug-likeness (QED) is 0.554. The largest absolute Gasteiger partial charge is 0.476 e. The summed E-state index contributed by atoms with van der Waals surface area (Å²) in [5, 5.41) is 27.9. The number of aliphatic carboxylic acids is 1. The van der Waals surface area contributed by atoms with Gasteiger partial charge in [-0.05, 0) is 24.0 Å². The third kappa shape index (κ3) is 1.35. The molecule has 0 fully saturated rings. The number of aliphatic hydroxyl groups is 2. The molecule has 0 radical (unpaired) electrons. The summed E-state index contributed by atoms with van der Waals surface area (Å²) in [7, 11) is 0. The van der Waals surface area contributed by atoms with Crippen LogP contribution in [0.25, 0.3) is 0 Å². The van der Waals surface area contributed by atoms with Crippen LogP contribution in [0, 0.1) is 11.8 Å². The Morgan fingerprint density at radius 1 is 1.67 bits per heavy atom. The fourth-order valence-corrected chi connectivity index (χ4v) is 2.22. The van der Waals surface area contributed by atoms with Gasteiger partial charge in [-0.2, -0.15) is 0 Å². The standard InChI is InChI=1S/C10H12O5/c11-5-7-2-1-6-3-4-15-10(14,8(6)7)9(12)13/h2-4,6,8,11,14H,1,5H2,(H,12,13)/t6-,8-,10?/m0/s1. The molecule has 0 aromatic heterocycles. The number of allylic oxidation sites excluding steroid dienone is 2. The van der Waals surface area contributed by atoms with Gasteiger partial charge >= 0.3 is 11.8 Å². The Labute approximate surface area is 86.3 Å². The monoisotopic (exact) mass is 212 g/mol. The zero-order valence-corrected chi connectivity index (χ0v) is 7.96. The minimum absolute atomic E-state index is 0.109. The predicted molar refractivity (Wildman–Crippen MR) is 49.6 cm³/mol. The fraction of sp³-hybridized carbons (Fsp3) is 0.500. The molecule has 0 saturated carbocycles. The Kier molecular flexibility index (Phi) is 2.28. The lowest BCUT2D eigenvalue weighted by Gasteiger charge is -2.36. The van der Waals surface area contributed by atoms with Gasteiger partial charge in [0, 0.05) is 0 Å². The highest BCUT2D eigenvalue weighted by Gasteiger charge is 2.54. The van der Waals surface area contributed by atoms with Gasteiger partial charge in [-0.1, -0.05) is 6.08 Å². The number of hydrogen-bond donors (Lipinski definition) is 3. The number of fused-ring (bicyclic) bond motifs is 1. The SMILES string of the molecule is O=C(O)C1(O)OC=C[C@@H]2CC=C(CO)[C@H]21. The van der Waals surface area contributed by atoms with Crippen molar-refractivity contribution in [1.82, 2.24) is 0 Å². The lowest BCUT2D eigenvalue weighted by atomic mass is 9.82. The fourth-order valence-electron chi connectivity index (χ4n) is 2.22. The molecule has 82 valence electrons. The molecule has 0 bridgehead atoms. The summed E-state index contributed by atoms with van der Waals surface area (Å²) in [6, 6.07) is 0. The highest BCUT2D eigenvalue weighted by molar-refractivity contribution is 5.77. The van der Waals surface area contributed by atoms with Gasteiger partial charge in [0.2, 0.25) is 0 Å². The lowest BCUT2D eigenvalue weighted by molar-refractivity contribution is -0.228. The predicted octanol–water partition coefficient (Wildman–Crippen LogP) is -0.142. The molecule has 1 aliphatic heterocycles. The first-order valence-electron chi connectivity index (χ1n) is 4.69. The third-order valence-electron chi connectivity index (χ3n) is 2.96. The number of hydrogen-bond acceptors (Lipinski definition) is 4. The van der Waals surface area contributed by atoms with Crippen molar-refractivity contribution >= 4 is 5.97 Å². The van der Waals surface area contributed by atoms with Crippen molar-refractivity contribution in [3.8, 4) is 0 Å². The van der Waals surface area contributed by atoms with Crippen molar-refractivity contribution in [2.75, 3.05) is 6.61 Å². The summed E-state index contributed by atoms with van der Waals surface area (Å²) in [4.78, 5) is 11.0. The van der Waals surface area contributed by atoms with E-state index in [4.69, 9.17) is 14.9 Å². The number of aliphatic hydroxyl groups excluding tert-OH is 1. The van der Waals surface area contributed by atoms with Crippen LogP contribution in [0.5, 0.6) is 0 Å². The van der Waals surface area contributed by atoms with E-state index in [-0.39, 0.29) is 12.5 Å². The third-order valence-corrected chi connectivity index (χ3v) is 2.96. The van der Waals surface area contributed by atoms with E-state index in [1.807, 2.05) is 0 Å². The Morgan fingerprint density at radius 3 is 3.00 bits per heavy atom. The second-order valence-electron chi connectivity index (χ2n) is 3.76. The molecule has 1 heterocycles. The van der Waals surface area contributed by atoms with Crippen LogP contribution in [0.1, 0.15) is 6.42 Å². The van der Waals surface area contributed by atoms with Gasteiger partial charge in [-0.15, -0.1) is 0 Å². The molecule has 0 aromatic rings. The topological polar surface area (TPSA) is 87.0 Å². The smallest absolute Gasteiger partial charge is 0.377 e. The molecule has 2 rings (SSSR count). The molecule has 5 nitrogen and oxygen atoms in total. The average Bonchev–Trinajstić information content (AvgIpc) is 2.62. The maximum absolute atomic E-state index is 11.0. The molecule has 0 saturated heterocycles. The first-order chi connectivity index (χ1) is 7.09. The molecule has 1 unspecified atom stereocenters. The van der Waals surface area contributed by atoms with Crippen LogP contribution in [0.2, 0.25) is 0 Å². The highest BCUT2D eigenvalue weighted by atomic mass is 16.6. The highest BCUT2D eigenvalue weighted by Crippen LogP contribution is 2.43. The van der Waals surface area contributed by atoms with E-state index >= 15 is 0 Å². The van der Waals surface area contributed by atoms with E-state index in [1.54, 1.807) is 12.2 Å². The van der Waals surface area contributed by atoms with Crippen LogP contribution in [0.4, 0.5) is 0 Å². The molecule has 0 aromatic carbocycles. The van der Waals surface area contributed by atoms with Crippen molar-refractivity contribution in [1.29, 1.82) is 0 Å². The number of carbonyl (C=O) groups is 1. The van der Waals surface area contributed by atoms with Crippen LogP contribution in [-0.4, -0.2) is 33.7 Å².